The van der Waals surface area contributed by atoms with Gasteiger partial charge < -0.3 is 15.6 Å². The number of nitrogens with zero attached hydrogens (tertiary/aromatic N) is 1. The number of amidine groups is 1. The maximum absolute atomic E-state index is 11.0. The van der Waals surface area contributed by atoms with E-state index in [1.54, 1.807) is 24.3 Å². The van der Waals surface area contributed by atoms with Crippen LogP contribution in [0.2, 0.25) is 0 Å². The molecule has 1 heterocycles. The number of benzene rings is 1. The quantitative estimate of drug-likeness (QED) is 0.810. The lowest BCUT2D eigenvalue weighted by Gasteiger charge is -2.06. The lowest BCUT2D eigenvalue weighted by atomic mass is 10.1. The summed E-state index contributed by atoms with van der Waals surface area (Å²) in [6.07, 6.45) is 1.69. The molecule has 0 aliphatic carbocycles. The third-order valence-electron chi connectivity index (χ3n) is 2.49. The molecule has 1 aliphatic rings. The minimum atomic E-state index is -0.998. The van der Waals surface area contributed by atoms with E-state index in [4.69, 9.17) is 15.6 Å². The fourth-order valence-electron chi connectivity index (χ4n) is 1.70. The second-order valence-corrected chi connectivity index (χ2v) is 3.65. The molecule has 0 saturated heterocycles. The van der Waals surface area contributed by atoms with Gasteiger partial charge in [-0.1, -0.05) is 6.07 Å². The van der Waals surface area contributed by atoms with E-state index in [2.05, 4.69) is 4.99 Å². The predicted molar refractivity (Wildman–Crippen MR) is 64.5 cm³/mol. The fourth-order valence-corrected chi connectivity index (χ4v) is 1.70. The Bertz CT molecular complexity index is 533. The lowest BCUT2D eigenvalue weighted by molar-refractivity contribution is -0.132. The highest BCUT2D eigenvalue weighted by Gasteiger charge is 2.17. The number of rotatable bonds is 2. The summed E-state index contributed by atoms with van der Waals surface area (Å²) in [4.78, 5) is 15.2. The Labute approximate surface area is 98.2 Å². The maximum atomic E-state index is 11.0. The van der Waals surface area contributed by atoms with Crippen molar-refractivity contribution < 1.29 is 14.6 Å². The number of hydrogen-bond donors (Lipinski definition) is 2. The first-order valence-electron chi connectivity index (χ1n) is 5.05. The largest absolute Gasteiger partial charge is 0.496 e. The minimum Gasteiger partial charge on any atom is -0.496 e. The highest BCUT2D eigenvalue weighted by molar-refractivity contribution is 6.02. The van der Waals surface area contributed by atoms with E-state index in [1.165, 1.54) is 7.11 Å². The Kier molecular flexibility index (Phi) is 2.82. The highest BCUT2D eigenvalue weighted by Crippen LogP contribution is 2.33. The number of carboxylic acids is 1. The number of nitrogens with two attached hydrogens (primary N) is 1. The zero-order valence-electron chi connectivity index (χ0n) is 9.30. The fraction of sp³-hybridized carbons (Fsp3) is 0.167. The van der Waals surface area contributed by atoms with Crippen LogP contribution in [-0.4, -0.2) is 24.0 Å². The van der Waals surface area contributed by atoms with E-state index < -0.39 is 5.97 Å². The van der Waals surface area contributed by atoms with Gasteiger partial charge >= 0.3 is 5.97 Å². The van der Waals surface area contributed by atoms with Crippen LogP contribution in [0.1, 0.15) is 12.0 Å². The van der Waals surface area contributed by atoms with Crippen LogP contribution < -0.4 is 10.5 Å². The summed E-state index contributed by atoms with van der Waals surface area (Å²) in [6, 6.07) is 5.31. The van der Waals surface area contributed by atoms with Crippen LogP contribution in [-0.2, 0) is 4.79 Å². The molecule has 5 nitrogen and oxygen atoms in total. The van der Waals surface area contributed by atoms with Gasteiger partial charge in [0.2, 0.25) is 0 Å². The van der Waals surface area contributed by atoms with Crippen molar-refractivity contribution >= 4 is 23.6 Å². The lowest BCUT2D eigenvalue weighted by Crippen LogP contribution is -2.14. The van der Waals surface area contributed by atoms with Crippen molar-refractivity contribution in [2.24, 2.45) is 10.7 Å². The second kappa shape index (κ2) is 4.29. The number of hydrogen-bond acceptors (Lipinski definition) is 4. The molecule has 0 atom stereocenters. The van der Waals surface area contributed by atoms with Crippen molar-refractivity contribution in [3.8, 4) is 5.75 Å². The monoisotopic (exact) mass is 232 g/mol. The average Bonchev–Trinajstić information content (AvgIpc) is 2.46. The van der Waals surface area contributed by atoms with Gasteiger partial charge in [-0.15, -0.1) is 0 Å². The molecule has 5 heteroatoms. The van der Waals surface area contributed by atoms with Gasteiger partial charge in [-0.05, 0) is 18.2 Å². The Balaban J connectivity index is 2.65. The van der Waals surface area contributed by atoms with Crippen LogP contribution in [0.4, 0.5) is 5.69 Å². The van der Waals surface area contributed by atoms with Crippen LogP contribution >= 0.6 is 0 Å². The summed E-state index contributed by atoms with van der Waals surface area (Å²) in [5.41, 5.74) is 7.15. The summed E-state index contributed by atoms with van der Waals surface area (Å²) in [7, 11) is 1.53. The van der Waals surface area contributed by atoms with Crippen LogP contribution in [0.25, 0.3) is 6.08 Å². The van der Waals surface area contributed by atoms with Crippen molar-refractivity contribution in [3.05, 3.63) is 29.3 Å². The molecular weight excluding hydrogens is 220 g/mol. The Hall–Kier alpha value is -2.30. The Morgan fingerprint density at radius 3 is 2.94 bits per heavy atom. The number of aliphatic carboxylic acids is 1. The van der Waals surface area contributed by atoms with Crippen molar-refractivity contribution in [2.45, 2.75) is 6.42 Å². The molecule has 1 aliphatic heterocycles. The molecule has 0 spiro atoms. The van der Waals surface area contributed by atoms with E-state index in [-0.39, 0.29) is 17.8 Å². The number of carboxylic acid groups (broad SMARTS) is 1. The molecule has 0 bridgehead atoms. The van der Waals surface area contributed by atoms with Crippen LogP contribution in [0, 0.1) is 0 Å². The van der Waals surface area contributed by atoms with Gasteiger partial charge in [0, 0.05) is 17.6 Å². The van der Waals surface area contributed by atoms with Gasteiger partial charge in [-0.3, -0.25) is 0 Å². The zero-order valence-corrected chi connectivity index (χ0v) is 9.30. The first-order valence-corrected chi connectivity index (χ1v) is 5.05. The first-order chi connectivity index (χ1) is 8.11. The Morgan fingerprint density at radius 2 is 2.29 bits per heavy atom. The van der Waals surface area contributed by atoms with E-state index in [0.717, 1.165) is 0 Å². The second-order valence-electron chi connectivity index (χ2n) is 3.65. The number of aliphatic imine (C=N–C) groups is 1. The topological polar surface area (TPSA) is 84.9 Å². The normalized spacial score (nSPS) is 14.2. The number of ether oxygens (including phenoxy) is 1. The molecule has 2 rings (SSSR count). The molecule has 0 saturated carbocycles. The van der Waals surface area contributed by atoms with Gasteiger partial charge in [0.25, 0.3) is 0 Å². The number of methoxy groups -OCH3 is 1. The molecule has 88 valence electrons. The van der Waals surface area contributed by atoms with Crippen molar-refractivity contribution in [1.82, 2.24) is 0 Å². The summed E-state index contributed by atoms with van der Waals surface area (Å²) in [5.74, 6) is -0.132. The molecule has 0 radical (unpaired) electrons. The summed E-state index contributed by atoms with van der Waals surface area (Å²) < 4.78 is 5.18. The molecule has 0 unspecified atom stereocenters. The minimum absolute atomic E-state index is 0.132. The van der Waals surface area contributed by atoms with Gasteiger partial charge in [-0.25, -0.2) is 9.79 Å². The number of fused-ring (bicyclic) bond motifs is 1. The standard InChI is InChI=1S/C12H12N2O3/c1-17-10-4-2-3-9-8(10)5-7(12(15)16)6-11(13)14-9/h2-5H,6H2,1H3,(H2,13,14)(H,15,16). The van der Waals surface area contributed by atoms with Gasteiger partial charge in [0.15, 0.2) is 0 Å². The first kappa shape index (κ1) is 11.2. The molecule has 0 amide bonds. The van der Waals surface area contributed by atoms with Gasteiger partial charge in [0.1, 0.15) is 11.6 Å². The smallest absolute Gasteiger partial charge is 0.332 e. The summed E-state index contributed by atoms with van der Waals surface area (Å²) in [5, 5.41) is 9.05. The summed E-state index contributed by atoms with van der Waals surface area (Å²) >= 11 is 0. The SMILES string of the molecule is COc1cccc2c1C=C(C(=O)O)CC(N)=N2. The molecule has 1 aromatic carbocycles. The third-order valence-corrected chi connectivity index (χ3v) is 2.49. The predicted octanol–water partition coefficient (Wildman–Crippen LogP) is 1.56. The number of carbonyl (C=O) groups is 1. The molecule has 0 aromatic heterocycles. The van der Waals surface area contributed by atoms with E-state index >= 15 is 0 Å². The summed E-state index contributed by atoms with van der Waals surface area (Å²) in [6.45, 7) is 0. The van der Waals surface area contributed by atoms with Crippen molar-refractivity contribution in [3.63, 3.8) is 0 Å². The van der Waals surface area contributed by atoms with Crippen LogP contribution in [0.3, 0.4) is 0 Å². The van der Waals surface area contributed by atoms with E-state index in [0.29, 0.717) is 17.0 Å². The molecule has 0 fully saturated rings. The van der Waals surface area contributed by atoms with E-state index in [9.17, 15) is 4.79 Å². The van der Waals surface area contributed by atoms with Crippen LogP contribution in [0.15, 0.2) is 28.8 Å². The molecular formula is C12H12N2O3. The maximum Gasteiger partial charge on any atom is 0.332 e. The molecule has 3 N–H and O–H groups in total. The van der Waals surface area contributed by atoms with Crippen molar-refractivity contribution in [2.75, 3.05) is 7.11 Å². The third kappa shape index (κ3) is 2.13. The van der Waals surface area contributed by atoms with Crippen LogP contribution in [0.5, 0.6) is 5.75 Å². The zero-order chi connectivity index (χ0) is 12.4. The molecule has 17 heavy (non-hydrogen) atoms. The van der Waals surface area contributed by atoms with Crippen molar-refractivity contribution in [1.29, 1.82) is 0 Å². The van der Waals surface area contributed by atoms with E-state index in [1.807, 2.05) is 0 Å². The average molecular weight is 232 g/mol. The molecule has 1 aromatic rings. The van der Waals surface area contributed by atoms with Gasteiger partial charge in [0.05, 0.1) is 12.8 Å². The Morgan fingerprint density at radius 1 is 1.53 bits per heavy atom. The van der Waals surface area contributed by atoms with Gasteiger partial charge in [-0.2, -0.15) is 0 Å². The highest BCUT2D eigenvalue weighted by atomic mass is 16.5.